The molecule has 1 nitrogen and oxygen atoms in total. The Kier molecular flexibility index (Phi) is 5.23. The van der Waals surface area contributed by atoms with Gasteiger partial charge in [-0.25, -0.2) is 0 Å². The van der Waals surface area contributed by atoms with E-state index in [0.29, 0.717) is 4.75 Å². The molecular weight excluding hydrogens is 214 g/mol. The Balaban J connectivity index is 2.11. The molecule has 0 heterocycles. The lowest BCUT2D eigenvalue weighted by Crippen LogP contribution is -2.22. The number of thioether (sulfide) groups is 1. The number of rotatable bonds is 5. The van der Waals surface area contributed by atoms with Crippen molar-refractivity contribution in [2.75, 3.05) is 12.3 Å². The van der Waals surface area contributed by atoms with Crippen LogP contribution in [-0.2, 0) is 0 Å². The number of hydrogen-bond donors (Lipinski definition) is 1. The summed E-state index contributed by atoms with van der Waals surface area (Å²) < 4.78 is 0.380. The van der Waals surface area contributed by atoms with Crippen LogP contribution in [-0.4, -0.2) is 17.0 Å². The van der Waals surface area contributed by atoms with Crippen LogP contribution < -0.4 is 5.32 Å². The summed E-state index contributed by atoms with van der Waals surface area (Å²) in [5.74, 6) is 2.80. The van der Waals surface area contributed by atoms with E-state index in [2.05, 4.69) is 39.6 Å². The molecular formula is C14H27NS. The molecule has 0 bridgehead atoms. The van der Waals surface area contributed by atoms with Gasteiger partial charge in [0.05, 0.1) is 0 Å². The molecule has 1 aliphatic rings. The second-order valence-electron chi connectivity index (χ2n) is 6.03. The summed E-state index contributed by atoms with van der Waals surface area (Å²) in [6.45, 7) is 14.4. The maximum atomic E-state index is 4.18. The molecule has 1 aliphatic carbocycles. The summed E-state index contributed by atoms with van der Waals surface area (Å²) in [4.78, 5) is 0. The van der Waals surface area contributed by atoms with Crippen LogP contribution in [0.5, 0.6) is 0 Å². The highest BCUT2D eigenvalue weighted by Gasteiger charge is 2.23. The molecule has 0 aliphatic heterocycles. The van der Waals surface area contributed by atoms with Crippen LogP contribution >= 0.6 is 11.8 Å². The first-order valence-corrected chi connectivity index (χ1v) is 7.43. The average Bonchev–Trinajstić information content (AvgIpc) is 2.57. The lowest BCUT2D eigenvalue weighted by molar-refractivity contribution is 0.546. The molecule has 94 valence electrons. The van der Waals surface area contributed by atoms with E-state index in [1.165, 1.54) is 30.7 Å². The second kappa shape index (κ2) is 6.00. The van der Waals surface area contributed by atoms with E-state index in [0.717, 1.165) is 18.4 Å². The van der Waals surface area contributed by atoms with E-state index in [9.17, 15) is 0 Å². The van der Waals surface area contributed by atoms with Crippen LogP contribution in [0.4, 0.5) is 0 Å². The molecule has 0 aromatic heterocycles. The first kappa shape index (κ1) is 14.0. The zero-order valence-electron chi connectivity index (χ0n) is 11.3. The fourth-order valence-electron chi connectivity index (χ4n) is 2.24. The molecule has 0 radical (unpaired) electrons. The van der Waals surface area contributed by atoms with E-state index >= 15 is 0 Å². The topological polar surface area (TPSA) is 12.0 Å². The van der Waals surface area contributed by atoms with Crippen LogP contribution in [0.2, 0.25) is 0 Å². The number of allylic oxidation sites excluding steroid dienone is 1. The van der Waals surface area contributed by atoms with Crippen molar-refractivity contribution in [3.63, 3.8) is 0 Å². The van der Waals surface area contributed by atoms with Crippen molar-refractivity contribution in [1.82, 2.24) is 5.32 Å². The summed E-state index contributed by atoms with van der Waals surface area (Å²) in [5, 5.41) is 3.50. The van der Waals surface area contributed by atoms with Gasteiger partial charge in [-0.15, -0.1) is 0 Å². The third-order valence-electron chi connectivity index (χ3n) is 3.18. The van der Waals surface area contributed by atoms with Gasteiger partial charge in [0.1, 0.15) is 0 Å². The van der Waals surface area contributed by atoms with Gasteiger partial charge in [0.25, 0.3) is 0 Å². The summed E-state index contributed by atoms with van der Waals surface area (Å²) in [6, 6.07) is 0. The average molecular weight is 241 g/mol. The second-order valence-corrected chi connectivity index (χ2v) is 7.95. The summed E-state index contributed by atoms with van der Waals surface area (Å²) in [6.07, 6.45) is 4.04. The van der Waals surface area contributed by atoms with Gasteiger partial charge in [-0.3, -0.25) is 0 Å². The Morgan fingerprint density at radius 2 is 2.06 bits per heavy atom. The van der Waals surface area contributed by atoms with Gasteiger partial charge in [0, 0.05) is 22.7 Å². The van der Waals surface area contributed by atoms with Crippen molar-refractivity contribution >= 4 is 11.8 Å². The molecule has 16 heavy (non-hydrogen) atoms. The molecule has 2 atom stereocenters. The summed E-state index contributed by atoms with van der Waals surface area (Å²) in [7, 11) is 0. The molecule has 0 saturated heterocycles. The molecule has 0 spiro atoms. The van der Waals surface area contributed by atoms with Crippen molar-refractivity contribution in [2.24, 2.45) is 11.8 Å². The van der Waals surface area contributed by atoms with Gasteiger partial charge >= 0.3 is 0 Å². The Hall–Kier alpha value is -0.110. The van der Waals surface area contributed by atoms with Gasteiger partial charge in [-0.05, 0) is 24.7 Å². The SMILES string of the molecule is C=C(NCCSC(C)(C)C)C1CCC(C)C1. The van der Waals surface area contributed by atoms with Gasteiger partial charge in [-0.2, -0.15) is 11.8 Å². The van der Waals surface area contributed by atoms with Crippen LogP contribution in [0, 0.1) is 11.8 Å². The predicted molar refractivity (Wildman–Crippen MR) is 75.9 cm³/mol. The van der Waals surface area contributed by atoms with Crippen LogP contribution in [0.3, 0.4) is 0 Å². The minimum Gasteiger partial charge on any atom is -0.388 e. The first-order valence-electron chi connectivity index (χ1n) is 6.45. The zero-order valence-corrected chi connectivity index (χ0v) is 12.1. The van der Waals surface area contributed by atoms with E-state index in [1.54, 1.807) is 0 Å². The highest BCUT2D eigenvalue weighted by Crippen LogP contribution is 2.33. The smallest absolute Gasteiger partial charge is 0.0235 e. The van der Waals surface area contributed by atoms with Crippen molar-refractivity contribution in [3.8, 4) is 0 Å². The molecule has 2 unspecified atom stereocenters. The van der Waals surface area contributed by atoms with E-state index in [1.807, 2.05) is 11.8 Å². The van der Waals surface area contributed by atoms with Gasteiger partial charge < -0.3 is 5.32 Å². The number of hydrogen-bond acceptors (Lipinski definition) is 2. The van der Waals surface area contributed by atoms with Crippen molar-refractivity contribution < 1.29 is 0 Å². The maximum Gasteiger partial charge on any atom is 0.0235 e. The summed E-state index contributed by atoms with van der Waals surface area (Å²) >= 11 is 2.02. The third-order valence-corrected chi connectivity index (χ3v) is 4.45. The summed E-state index contributed by atoms with van der Waals surface area (Å²) in [5.41, 5.74) is 1.28. The quantitative estimate of drug-likeness (QED) is 0.729. The Morgan fingerprint density at radius 3 is 2.56 bits per heavy atom. The lowest BCUT2D eigenvalue weighted by atomic mass is 10.0. The molecule has 2 heteroatoms. The third kappa shape index (κ3) is 5.29. The van der Waals surface area contributed by atoms with Crippen LogP contribution in [0.25, 0.3) is 0 Å². The highest BCUT2D eigenvalue weighted by molar-refractivity contribution is 8.00. The normalized spacial score (nSPS) is 25.8. The van der Waals surface area contributed by atoms with E-state index < -0.39 is 0 Å². The Labute approximate surface area is 105 Å². The van der Waals surface area contributed by atoms with Gasteiger partial charge in [0.2, 0.25) is 0 Å². The lowest BCUT2D eigenvalue weighted by Gasteiger charge is -2.20. The van der Waals surface area contributed by atoms with Crippen molar-refractivity contribution in [1.29, 1.82) is 0 Å². The van der Waals surface area contributed by atoms with E-state index in [4.69, 9.17) is 0 Å². The van der Waals surface area contributed by atoms with Gasteiger partial charge in [0.15, 0.2) is 0 Å². The molecule has 0 amide bonds. The molecule has 0 aromatic rings. The van der Waals surface area contributed by atoms with Crippen LogP contribution in [0.1, 0.15) is 47.0 Å². The van der Waals surface area contributed by atoms with Crippen molar-refractivity contribution in [3.05, 3.63) is 12.3 Å². The molecule has 1 saturated carbocycles. The minimum absolute atomic E-state index is 0.380. The highest BCUT2D eigenvalue weighted by atomic mass is 32.2. The van der Waals surface area contributed by atoms with E-state index in [-0.39, 0.29) is 0 Å². The molecule has 1 fully saturated rings. The minimum atomic E-state index is 0.380. The predicted octanol–water partition coefficient (Wildman–Crippen LogP) is 4.06. The monoisotopic (exact) mass is 241 g/mol. The first-order chi connectivity index (χ1) is 7.38. The largest absolute Gasteiger partial charge is 0.388 e. The number of nitrogens with one attached hydrogen (secondary N) is 1. The zero-order chi connectivity index (χ0) is 12.2. The Bertz CT molecular complexity index is 229. The molecule has 1 N–H and O–H groups in total. The Morgan fingerprint density at radius 1 is 1.38 bits per heavy atom. The van der Waals surface area contributed by atoms with Gasteiger partial charge in [-0.1, -0.05) is 40.7 Å². The maximum absolute atomic E-state index is 4.18. The molecule has 1 rings (SSSR count). The van der Waals surface area contributed by atoms with Crippen molar-refractivity contribution in [2.45, 2.75) is 51.7 Å². The fraction of sp³-hybridized carbons (Fsp3) is 0.857. The van der Waals surface area contributed by atoms with Crippen LogP contribution in [0.15, 0.2) is 12.3 Å². The standard InChI is InChI=1S/C14H27NS/c1-11-6-7-13(10-11)12(2)15-8-9-16-14(3,4)5/h11,13,15H,2,6-10H2,1,3-5H3. The molecule has 0 aromatic carbocycles. The fourth-order valence-corrected chi connectivity index (χ4v) is 3.05.